The molecule has 0 atom stereocenters. The number of fused-ring (bicyclic) bond motifs is 1. The first-order valence-corrected chi connectivity index (χ1v) is 9.73. The number of aromatic hydroxyl groups is 2. The molecule has 2 amide bonds. The zero-order valence-corrected chi connectivity index (χ0v) is 17.7. The molecule has 1 aliphatic rings. The van der Waals surface area contributed by atoms with E-state index in [1.54, 1.807) is 24.8 Å². The summed E-state index contributed by atoms with van der Waals surface area (Å²) in [6.07, 6.45) is 3.28. The molecule has 158 valence electrons. The predicted molar refractivity (Wildman–Crippen MR) is 116 cm³/mol. The number of amides is 2. The summed E-state index contributed by atoms with van der Waals surface area (Å²) in [5, 5.41) is 23.0. The van der Waals surface area contributed by atoms with Crippen molar-refractivity contribution in [3.05, 3.63) is 64.2 Å². The normalized spacial score (nSPS) is 13.2. The van der Waals surface area contributed by atoms with Gasteiger partial charge in [-0.3, -0.25) is 9.59 Å². The van der Waals surface area contributed by atoms with E-state index in [1.807, 2.05) is 37.2 Å². The summed E-state index contributed by atoms with van der Waals surface area (Å²) in [6.45, 7) is 4.78. The Morgan fingerprint density at radius 1 is 1.13 bits per heavy atom. The minimum atomic E-state index is -0.313. The number of phenolic OH excluding ortho intramolecular Hbond substituents is 2. The Hall–Kier alpha value is -3.32. The average Bonchev–Trinajstić information content (AvgIpc) is 3.11. The number of rotatable bonds is 5. The van der Waals surface area contributed by atoms with Gasteiger partial charge in [0.05, 0.1) is 5.56 Å². The lowest BCUT2D eigenvalue weighted by molar-refractivity contribution is -0.111. The van der Waals surface area contributed by atoms with Gasteiger partial charge < -0.3 is 25.3 Å². The van der Waals surface area contributed by atoms with E-state index in [9.17, 15) is 19.8 Å². The van der Waals surface area contributed by atoms with Crippen molar-refractivity contribution in [1.29, 1.82) is 0 Å². The minimum absolute atomic E-state index is 0.0430. The number of phenols is 2. The number of likely N-dealkylation sites (N-methyl/N-ethyl adjacent to an activating group) is 1. The van der Waals surface area contributed by atoms with Crippen molar-refractivity contribution in [2.24, 2.45) is 0 Å². The van der Waals surface area contributed by atoms with Gasteiger partial charge in [-0.2, -0.15) is 0 Å². The highest BCUT2D eigenvalue weighted by Gasteiger charge is 2.29. The molecule has 0 aromatic heterocycles. The largest absolute Gasteiger partial charge is 0.508 e. The number of nitrogens with one attached hydrogen (secondary N) is 1. The summed E-state index contributed by atoms with van der Waals surface area (Å²) in [4.78, 5) is 29.0. The van der Waals surface area contributed by atoms with E-state index >= 15 is 0 Å². The Morgan fingerprint density at radius 2 is 1.87 bits per heavy atom. The summed E-state index contributed by atoms with van der Waals surface area (Å²) in [5.74, 6) is -0.820. The van der Waals surface area contributed by atoms with Crippen LogP contribution in [0.25, 0.3) is 0 Å². The molecular weight excluding hydrogens is 382 g/mol. The number of carbonyl (C=O) groups excluding carboxylic acids is 2. The molecule has 3 N–H and O–H groups in total. The number of carbonyl (C=O) groups is 2. The molecule has 1 aliphatic heterocycles. The van der Waals surface area contributed by atoms with Crippen LogP contribution in [-0.4, -0.2) is 52.5 Å². The SMILES string of the molecule is Cc1c(O)cc(O)c(C(=O)N2Cc3cccc(NC(=O)/C=C/CN(C)C)c3C2)c1C. The van der Waals surface area contributed by atoms with E-state index in [2.05, 4.69) is 5.32 Å². The average molecular weight is 409 g/mol. The van der Waals surface area contributed by atoms with Gasteiger partial charge in [-0.1, -0.05) is 18.2 Å². The molecule has 0 saturated heterocycles. The lowest BCUT2D eigenvalue weighted by Gasteiger charge is -2.19. The van der Waals surface area contributed by atoms with Gasteiger partial charge in [0.2, 0.25) is 5.91 Å². The third-order valence-electron chi connectivity index (χ3n) is 5.33. The van der Waals surface area contributed by atoms with Crippen molar-refractivity contribution < 1.29 is 19.8 Å². The number of hydrogen-bond acceptors (Lipinski definition) is 5. The Morgan fingerprint density at radius 3 is 2.57 bits per heavy atom. The fourth-order valence-corrected chi connectivity index (χ4v) is 3.54. The topological polar surface area (TPSA) is 93.1 Å². The van der Waals surface area contributed by atoms with Crippen LogP contribution in [0.3, 0.4) is 0 Å². The lowest BCUT2D eigenvalue weighted by Crippen LogP contribution is -2.26. The van der Waals surface area contributed by atoms with Gasteiger partial charge in [-0.25, -0.2) is 0 Å². The first-order chi connectivity index (χ1) is 14.2. The second-order valence-corrected chi connectivity index (χ2v) is 7.80. The molecular formula is C23H27N3O4. The van der Waals surface area contributed by atoms with Crippen molar-refractivity contribution >= 4 is 17.5 Å². The molecule has 2 aromatic carbocycles. The van der Waals surface area contributed by atoms with Crippen LogP contribution in [0, 0.1) is 13.8 Å². The van der Waals surface area contributed by atoms with Crippen LogP contribution in [-0.2, 0) is 17.9 Å². The molecule has 0 spiro atoms. The van der Waals surface area contributed by atoms with Crippen LogP contribution in [0.5, 0.6) is 11.5 Å². The Bertz CT molecular complexity index is 1030. The van der Waals surface area contributed by atoms with Gasteiger partial charge in [0.1, 0.15) is 11.5 Å². The molecule has 0 bridgehead atoms. The van der Waals surface area contributed by atoms with E-state index in [1.165, 1.54) is 12.1 Å². The maximum absolute atomic E-state index is 13.1. The summed E-state index contributed by atoms with van der Waals surface area (Å²) < 4.78 is 0. The minimum Gasteiger partial charge on any atom is -0.508 e. The van der Waals surface area contributed by atoms with Gasteiger partial charge in [-0.15, -0.1) is 0 Å². The number of benzene rings is 2. The highest BCUT2D eigenvalue weighted by Crippen LogP contribution is 2.35. The second kappa shape index (κ2) is 8.59. The van der Waals surface area contributed by atoms with Crippen LogP contribution in [0.15, 0.2) is 36.4 Å². The van der Waals surface area contributed by atoms with Crippen molar-refractivity contribution in [3.63, 3.8) is 0 Å². The molecule has 1 heterocycles. The van der Waals surface area contributed by atoms with Gasteiger partial charge in [0, 0.05) is 43.0 Å². The van der Waals surface area contributed by atoms with Gasteiger partial charge >= 0.3 is 0 Å². The Kier molecular flexibility index (Phi) is 6.12. The second-order valence-electron chi connectivity index (χ2n) is 7.80. The van der Waals surface area contributed by atoms with Crippen LogP contribution < -0.4 is 5.32 Å². The van der Waals surface area contributed by atoms with Crippen molar-refractivity contribution in [2.45, 2.75) is 26.9 Å². The summed E-state index contributed by atoms with van der Waals surface area (Å²) in [7, 11) is 3.85. The number of anilines is 1. The summed E-state index contributed by atoms with van der Waals surface area (Å²) >= 11 is 0. The molecule has 0 unspecified atom stereocenters. The highest BCUT2D eigenvalue weighted by atomic mass is 16.3. The fraction of sp³-hybridized carbons (Fsp3) is 0.304. The maximum atomic E-state index is 13.1. The number of nitrogens with zero attached hydrogens (tertiary/aromatic N) is 2. The molecule has 7 heteroatoms. The molecule has 3 rings (SSSR count). The standard InChI is InChI=1S/C23H27N3O4/c1-14-15(2)22(20(28)11-19(14)27)23(30)26-12-16-7-5-8-18(17(16)13-26)24-21(29)9-6-10-25(3)4/h5-9,11,27-28H,10,12-13H2,1-4H3,(H,24,29)/b9-6+. The molecule has 7 nitrogen and oxygen atoms in total. The van der Waals surface area contributed by atoms with E-state index < -0.39 is 0 Å². The first kappa shape index (κ1) is 21.4. The van der Waals surface area contributed by atoms with Crippen LogP contribution in [0.2, 0.25) is 0 Å². The molecule has 0 fully saturated rings. The maximum Gasteiger partial charge on any atom is 0.258 e. The van der Waals surface area contributed by atoms with Gasteiger partial charge in [0.15, 0.2) is 0 Å². The van der Waals surface area contributed by atoms with E-state index in [-0.39, 0.29) is 28.9 Å². The van der Waals surface area contributed by atoms with Crippen LogP contribution in [0.1, 0.15) is 32.6 Å². The first-order valence-electron chi connectivity index (χ1n) is 9.73. The lowest BCUT2D eigenvalue weighted by atomic mass is 10.00. The van der Waals surface area contributed by atoms with Gasteiger partial charge in [0.25, 0.3) is 5.91 Å². The van der Waals surface area contributed by atoms with E-state index in [0.717, 1.165) is 11.1 Å². The Balaban J connectivity index is 1.80. The van der Waals surface area contributed by atoms with E-state index in [0.29, 0.717) is 36.4 Å². The third kappa shape index (κ3) is 4.31. The quantitative estimate of drug-likeness (QED) is 0.661. The monoisotopic (exact) mass is 409 g/mol. The zero-order valence-electron chi connectivity index (χ0n) is 17.7. The van der Waals surface area contributed by atoms with E-state index in [4.69, 9.17) is 0 Å². The summed E-state index contributed by atoms with van der Waals surface area (Å²) in [5.41, 5.74) is 3.80. The number of hydrogen-bond donors (Lipinski definition) is 3. The molecule has 0 radical (unpaired) electrons. The zero-order chi connectivity index (χ0) is 22.0. The van der Waals surface area contributed by atoms with Crippen molar-refractivity contribution in [1.82, 2.24) is 9.80 Å². The predicted octanol–water partition coefficient (Wildman–Crippen LogP) is 2.93. The molecule has 0 aliphatic carbocycles. The van der Waals surface area contributed by atoms with Crippen molar-refractivity contribution in [3.8, 4) is 11.5 Å². The molecule has 0 saturated carbocycles. The van der Waals surface area contributed by atoms with Gasteiger partial charge in [-0.05, 0) is 50.7 Å². The van der Waals surface area contributed by atoms with Crippen LogP contribution in [0.4, 0.5) is 5.69 Å². The fourth-order valence-electron chi connectivity index (χ4n) is 3.54. The smallest absolute Gasteiger partial charge is 0.258 e. The third-order valence-corrected chi connectivity index (χ3v) is 5.33. The molecule has 30 heavy (non-hydrogen) atoms. The highest BCUT2D eigenvalue weighted by molar-refractivity contribution is 6.01. The van der Waals surface area contributed by atoms with Crippen molar-refractivity contribution in [2.75, 3.05) is 26.0 Å². The summed E-state index contributed by atoms with van der Waals surface area (Å²) in [6, 6.07) is 6.79. The van der Waals surface area contributed by atoms with Crippen LogP contribution >= 0.6 is 0 Å². The molecule has 2 aromatic rings. The Labute approximate surface area is 176 Å².